The first-order valence-corrected chi connectivity index (χ1v) is 8.33. The number of carboxylic acids is 1. The highest BCUT2D eigenvalue weighted by Gasteiger charge is 2.02. The molecule has 0 radical (unpaired) electrons. The topological polar surface area (TPSA) is 63.6 Å². The normalized spacial score (nSPS) is 10.8. The first kappa shape index (κ1) is 18.9. The summed E-state index contributed by atoms with van der Waals surface area (Å²) in [5.41, 5.74) is 1.22. The number of aliphatic carboxylic acids is 1. The van der Waals surface area contributed by atoms with E-state index in [0.29, 0.717) is 5.75 Å². The zero-order valence-corrected chi connectivity index (χ0v) is 13.8. The van der Waals surface area contributed by atoms with Crippen LogP contribution in [0.2, 0.25) is 0 Å². The maximum absolute atomic E-state index is 11.3. The smallest absolute Gasteiger partial charge is 0.336 e. The molecular formula is C19H26O4. The fourth-order valence-electron chi connectivity index (χ4n) is 2.30. The second-order valence-electron chi connectivity index (χ2n) is 5.61. The Balaban J connectivity index is 2.25. The maximum atomic E-state index is 11.3. The van der Waals surface area contributed by atoms with Crippen LogP contribution in [0.4, 0.5) is 0 Å². The molecule has 126 valence electrons. The zero-order chi connectivity index (χ0) is 16.9. The molecule has 4 nitrogen and oxygen atoms in total. The van der Waals surface area contributed by atoms with Crippen LogP contribution in [-0.2, 0) is 16.0 Å². The summed E-state index contributed by atoms with van der Waals surface area (Å²) in [6, 6.07) is 7.37. The number of hydrogen-bond donors (Lipinski definition) is 1. The van der Waals surface area contributed by atoms with Crippen molar-refractivity contribution in [3.05, 3.63) is 42.0 Å². The molecule has 1 aromatic rings. The van der Waals surface area contributed by atoms with Crippen molar-refractivity contribution in [2.24, 2.45) is 0 Å². The Kier molecular flexibility index (Phi) is 9.45. The van der Waals surface area contributed by atoms with Crippen LogP contribution in [-0.4, -0.2) is 17.0 Å². The van der Waals surface area contributed by atoms with Crippen molar-refractivity contribution < 1.29 is 19.4 Å². The highest BCUT2D eigenvalue weighted by molar-refractivity contribution is 5.91. The molecule has 0 fully saturated rings. The Morgan fingerprint density at radius 2 is 1.57 bits per heavy atom. The Morgan fingerprint density at radius 3 is 2.17 bits per heavy atom. The molecule has 0 saturated heterocycles. The van der Waals surface area contributed by atoms with E-state index in [1.807, 2.05) is 12.1 Å². The van der Waals surface area contributed by atoms with Gasteiger partial charge in [0.05, 0.1) is 0 Å². The van der Waals surface area contributed by atoms with E-state index in [-0.39, 0.29) is 0 Å². The average Bonchev–Trinajstić information content (AvgIpc) is 2.53. The summed E-state index contributed by atoms with van der Waals surface area (Å²) in [5.74, 6) is -1.44. The predicted molar refractivity (Wildman–Crippen MR) is 90.5 cm³/mol. The average molecular weight is 318 g/mol. The van der Waals surface area contributed by atoms with Gasteiger partial charge in [-0.15, -0.1) is 0 Å². The van der Waals surface area contributed by atoms with E-state index in [1.54, 1.807) is 12.1 Å². The fraction of sp³-hybridized carbons (Fsp3) is 0.474. The summed E-state index contributed by atoms with van der Waals surface area (Å²) in [6.07, 6.45) is 11.7. The van der Waals surface area contributed by atoms with Gasteiger partial charge in [0.1, 0.15) is 5.75 Å². The quantitative estimate of drug-likeness (QED) is 0.282. The lowest BCUT2D eigenvalue weighted by molar-refractivity contribution is -0.133. The van der Waals surface area contributed by atoms with Crippen molar-refractivity contribution in [1.82, 2.24) is 0 Å². The minimum atomic E-state index is -1.17. The first-order chi connectivity index (χ1) is 11.1. The van der Waals surface area contributed by atoms with Gasteiger partial charge in [0.25, 0.3) is 0 Å². The number of hydrogen-bond acceptors (Lipinski definition) is 3. The summed E-state index contributed by atoms with van der Waals surface area (Å²) in [5, 5.41) is 8.43. The number of benzene rings is 1. The van der Waals surface area contributed by atoms with Gasteiger partial charge in [-0.05, 0) is 30.5 Å². The second kappa shape index (κ2) is 11.5. The van der Waals surface area contributed by atoms with E-state index >= 15 is 0 Å². The van der Waals surface area contributed by atoms with E-state index in [9.17, 15) is 9.59 Å². The summed E-state index contributed by atoms with van der Waals surface area (Å²) in [6.45, 7) is 2.23. The third kappa shape index (κ3) is 9.51. The van der Waals surface area contributed by atoms with Gasteiger partial charge >= 0.3 is 11.9 Å². The van der Waals surface area contributed by atoms with Crippen LogP contribution < -0.4 is 4.74 Å². The number of ether oxygens (including phenoxy) is 1. The fourth-order valence-corrected chi connectivity index (χ4v) is 2.30. The van der Waals surface area contributed by atoms with Crippen molar-refractivity contribution in [2.45, 2.75) is 58.3 Å². The zero-order valence-electron chi connectivity index (χ0n) is 13.8. The number of esters is 1. The second-order valence-corrected chi connectivity index (χ2v) is 5.61. The highest BCUT2D eigenvalue weighted by Crippen LogP contribution is 2.15. The van der Waals surface area contributed by atoms with E-state index in [2.05, 4.69) is 6.92 Å². The van der Waals surface area contributed by atoms with Crippen LogP contribution in [0.3, 0.4) is 0 Å². The van der Waals surface area contributed by atoms with Crippen LogP contribution in [0.1, 0.15) is 57.4 Å². The first-order valence-electron chi connectivity index (χ1n) is 8.33. The number of carbonyl (C=O) groups excluding carboxylic acids is 1. The molecule has 0 bridgehead atoms. The number of aryl methyl sites for hydroxylation is 1. The third-order valence-corrected chi connectivity index (χ3v) is 3.57. The largest absolute Gasteiger partial charge is 0.478 e. The van der Waals surface area contributed by atoms with Crippen molar-refractivity contribution >= 4 is 11.9 Å². The molecular weight excluding hydrogens is 292 g/mol. The van der Waals surface area contributed by atoms with Crippen molar-refractivity contribution in [1.29, 1.82) is 0 Å². The lowest BCUT2D eigenvalue weighted by atomic mass is 10.0. The molecule has 0 amide bonds. The van der Waals surface area contributed by atoms with Crippen LogP contribution >= 0.6 is 0 Å². The van der Waals surface area contributed by atoms with Crippen LogP contribution in [0, 0.1) is 0 Å². The maximum Gasteiger partial charge on any atom is 0.336 e. The molecule has 0 spiro atoms. The van der Waals surface area contributed by atoms with Gasteiger partial charge in [0, 0.05) is 12.2 Å². The number of unbranched alkanes of at least 4 members (excludes halogenated alkanes) is 6. The molecule has 0 heterocycles. The molecule has 1 rings (SSSR count). The molecule has 0 aromatic heterocycles. The van der Waals surface area contributed by atoms with Crippen molar-refractivity contribution in [3.63, 3.8) is 0 Å². The summed E-state index contributed by atoms with van der Waals surface area (Å²) < 4.78 is 5.01. The molecule has 4 heteroatoms. The molecule has 0 aliphatic heterocycles. The van der Waals surface area contributed by atoms with Gasteiger partial charge < -0.3 is 9.84 Å². The Bertz CT molecular complexity index is 503. The molecule has 23 heavy (non-hydrogen) atoms. The third-order valence-electron chi connectivity index (χ3n) is 3.57. The van der Waals surface area contributed by atoms with Gasteiger partial charge in [-0.3, -0.25) is 0 Å². The highest BCUT2D eigenvalue weighted by atomic mass is 16.5. The van der Waals surface area contributed by atoms with Gasteiger partial charge in [-0.25, -0.2) is 9.59 Å². The van der Waals surface area contributed by atoms with E-state index in [4.69, 9.17) is 9.84 Å². The van der Waals surface area contributed by atoms with E-state index in [1.165, 1.54) is 50.5 Å². The molecule has 0 atom stereocenters. The summed E-state index contributed by atoms with van der Waals surface area (Å²) in [7, 11) is 0. The minimum absolute atomic E-state index is 0.424. The lowest BCUT2D eigenvalue weighted by Crippen LogP contribution is -2.04. The SMILES string of the molecule is CCCCCCCCCc1ccc(OC(=O)/C=C\C(=O)O)cc1. The molecule has 0 aliphatic carbocycles. The Morgan fingerprint density at radius 1 is 0.957 bits per heavy atom. The predicted octanol–water partition coefficient (Wildman–Crippen LogP) is 4.53. The van der Waals surface area contributed by atoms with Crippen LogP contribution in [0.5, 0.6) is 5.75 Å². The number of carboxylic acid groups (broad SMARTS) is 1. The number of rotatable bonds is 11. The van der Waals surface area contributed by atoms with Crippen LogP contribution in [0.25, 0.3) is 0 Å². The standard InChI is InChI=1S/C19H26O4/c1-2-3-4-5-6-7-8-9-16-10-12-17(13-11-16)23-19(22)15-14-18(20)21/h10-15H,2-9H2,1H3,(H,20,21)/b15-14-. The van der Waals surface area contributed by atoms with E-state index < -0.39 is 11.9 Å². The molecule has 1 aromatic carbocycles. The van der Waals surface area contributed by atoms with Gasteiger partial charge in [0.2, 0.25) is 0 Å². The van der Waals surface area contributed by atoms with Crippen molar-refractivity contribution in [3.8, 4) is 5.75 Å². The van der Waals surface area contributed by atoms with Crippen LogP contribution in [0.15, 0.2) is 36.4 Å². The van der Waals surface area contributed by atoms with Gasteiger partial charge in [-0.1, -0.05) is 57.6 Å². The number of carbonyl (C=O) groups is 2. The monoisotopic (exact) mass is 318 g/mol. The molecule has 0 unspecified atom stereocenters. The molecule has 0 saturated carbocycles. The molecule has 0 aliphatic rings. The van der Waals surface area contributed by atoms with Crippen molar-refractivity contribution in [2.75, 3.05) is 0 Å². The molecule has 1 N–H and O–H groups in total. The van der Waals surface area contributed by atoms with E-state index in [0.717, 1.165) is 18.6 Å². The Labute approximate surface area is 138 Å². The van der Waals surface area contributed by atoms with Gasteiger partial charge in [-0.2, -0.15) is 0 Å². The van der Waals surface area contributed by atoms with Gasteiger partial charge in [0.15, 0.2) is 0 Å². The summed E-state index contributed by atoms with van der Waals surface area (Å²) in [4.78, 5) is 21.7. The summed E-state index contributed by atoms with van der Waals surface area (Å²) >= 11 is 0. The Hall–Kier alpha value is -2.10. The minimum Gasteiger partial charge on any atom is -0.478 e. The lowest BCUT2D eigenvalue weighted by Gasteiger charge is -2.04.